The lowest BCUT2D eigenvalue weighted by atomic mass is 9.98. The van der Waals surface area contributed by atoms with Crippen LogP contribution in [-0.2, 0) is 11.2 Å². The summed E-state index contributed by atoms with van der Waals surface area (Å²) in [5.41, 5.74) is 1.52. The first kappa shape index (κ1) is 14.6. The number of hydrogen-bond donors (Lipinski definition) is 1. The van der Waals surface area contributed by atoms with Crippen molar-refractivity contribution in [2.45, 2.75) is 20.3 Å². The average Bonchev–Trinajstić information content (AvgIpc) is 2.32. The molecule has 0 radical (unpaired) electrons. The van der Waals surface area contributed by atoms with Gasteiger partial charge in [0.2, 0.25) is 0 Å². The summed E-state index contributed by atoms with van der Waals surface area (Å²) < 4.78 is 10.5. The number of ether oxygens (including phenoxy) is 2. The zero-order chi connectivity index (χ0) is 13.9. The fourth-order valence-corrected chi connectivity index (χ4v) is 2.18. The molecule has 1 N–H and O–H groups in total. The number of carboxylic acids is 1. The molecule has 1 rings (SSSR count). The second kappa shape index (κ2) is 5.96. The Bertz CT molecular complexity index is 457. The van der Waals surface area contributed by atoms with Crippen LogP contribution in [0.25, 0.3) is 0 Å². The maximum absolute atomic E-state index is 10.9. The lowest BCUT2D eigenvalue weighted by Crippen LogP contribution is -2.13. The second-order valence-electron chi connectivity index (χ2n) is 4.16. The number of aryl methyl sites for hydroxylation is 1. The van der Waals surface area contributed by atoms with Crippen molar-refractivity contribution in [3.8, 4) is 11.5 Å². The van der Waals surface area contributed by atoms with E-state index < -0.39 is 11.9 Å². The Labute approximate surface area is 111 Å². The van der Waals surface area contributed by atoms with Gasteiger partial charge in [-0.1, -0.05) is 18.5 Å². The van der Waals surface area contributed by atoms with Gasteiger partial charge in [-0.05, 0) is 25.0 Å². The molecule has 0 aliphatic heterocycles. The van der Waals surface area contributed by atoms with Gasteiger partial charge in [-0.3, -0.25) is 4.79 Å². The summed E-state index contributed by atoms with van der Waals surface area (Å²) in [7, 11) is 3.07. The van der Waals surface area contributed by atoms with Gasteiger partial charge < -0.3 is 14.6 Å². The first-order valence-corrected chi connectivity index (χ1v) is 5.92. The molecule has 1 aromatic carbocycles. The van der Waals surface area contributed by atoms with Crippen molar-refractivity contribution in [1.29, 1.82) is 0 Å². The SMILES string of the molecule is COc1cc(C)c(OC)c(Cl)c1CC(C)C(=O)O. The molecular formula is C13H17ClO4. The number of methoxy groups -OCH3 is 2. The van der Waals surface area contributed by atoms with Gasteiger partial charge in [0.05, 0.1) is 25.2 Å². The fourth-order valence-electron chi connectivity index (χ4n) is 1.78. The predicted molar refractivity (Wildman–Crippen MR) is 69.8 cm³/mol. The zero-order valence-electron chi connectivity index (χ0n) is 10.9. The second-order valence-corrected chi connectivity index (χ2v) is 4.54. The molecule has 0 aliphatic rings. The number of aliphatic carboxylic acids is 1. The average molecular weight is 273 g/mol. The minimum atomic E-state index is -0.868. The van der Waals surface area contributed by atoms with Gasteiger partial charge in [0.1, 0.15) is 11.5 Å². The number of carboxylic acid groups (broad SMARTS) is 1. The monoisotopic (exact) mass is 272 g/mol. The van der Waals surface area contributed by atoms with Gasteiger partial charge in [0, 0.05) is 5.56 Å². The van der Waals surface area contributed by atoms with Crippen molar-refractivity contribution in [2.75, 3.05) is 14.2 Å². The Morgan fingerprint density at radius 2 is 2.06 bits per heavy atom. The Hall–Kier alpha value is -1.42. The lowest BCUT2D eigenvalue weighted by Gasteiger charge is -2.17. The molecule has 5 heteroatoms. The predicted octanol–water partition coefficient (Wildman–Crippen LogP) is 2.93. The van der Waals surface area contributed by atoms with E-state index in [1.807, 2.05) is 6.92 Å². The molecule has 0 aromatic heterocycles. The zero-order valence-corrected chi connectivity index (χ0v) is 11.7. The molecule has 0 heterocycles. The number of rotatable bonds is 5. The summed E-state index contributed by atoms with van der Waals surface area (Å²) in [6.07, 6.45) is 0.300. The van der Waals surface area contributed by atoms with Gasteiger partial charge in [0.15, 0.2) is 0 Å². The third kappa shape index (κ3) is 2.88. The molecule has 1 atom stereocenters. The van der Waals surface area contributed by atoms with Crippen LogP contribution >= 0.6 is 11.6 Å². The molecule has 1 unspecified atom stereocenters. The fraction of sp³-hybridized carbons (Fsp3) is 0.462. The molecule has 0 aliphatic carbocycles. The summed E-state index contributed by atoms with van der Waals surface area (Å²) in [5.74, 6) is -0.257. The van der Waals surface area contributed by atoms with Crippen molar-refractivity contribution >= 4 is 17.6 Å². The first-order valence-electron chi connectivity index (χ1n) is 5.55. The summed E-state index contributed by atoms with van der Waals surface area (Å²) in [6.45, 7) is 3.49. The van der Waals surface area contributed by atoms with Gasteiger partial charge in [-0.15, -0.1) is 0 Å². The Kier molecular flexibility index (Phi) is 4.84. The Morgan fingerprint density at radius 1 is 1.44 bits per heavy atom. The van der Waals surface area contributed by atoms with Gasteiger partial charge in [-0.2, -0.15) is 0 Å². The molecular weight excluding hydrogens is 256 g/mol. The molecule has 1 aromatic rings. The maximum Gasteiger partial charge on any atom is 0.306 e. The highest BCUT2D eigenvalue weighted by molar-refractivity contribution is 6.33. The highest BCUT2D eigenvalue weighted by Crippen LogP contribution is 2.39. The molecule has 0 spiro atoms. The van der Waals surface area contributed by atoms with Crippen molar-refractivity contribution in [1.82, 2.24) is 0 Å². The van der Waals surface area contributed by atoms with Gasteiger partial charge in [-0.25, -0.2) is 0 Å². The highest BCUT2D eigenvalue weighted by atomic mass is 35.5. The molecule has 0 fully saturated rings. The first-order chi connectivity index (χ1) is 8.42. The molecule has 100 valence electrons. The van der Waals surface area contributed by atoms with E-state index in [0.717, 1.165) is 5.56 Å². The van der Waals surface area contributed by atoms with E-state index in [1.54, 1.807) is 13.0 Å². The van der Waals surface area contributed by atoms with Crippen LogP contribution < -0.4 is 9.47 Å². The molecule has 4 nitrogen and oxygen atoms in total. The maximum atomic E-state index is 10.9. The van der Waals surface area contributed by atoms with Crippen LogP contribution in [0.4, 0.5) is 0 Å². The normalized spacial score (nSPS) is 12.1. The molecule has 0 saturated carbocycles. The third-order valence-corrected chi connectivity index (χ3v) is 3.22. The number of benzene rings is 1. The standard InChI is InChI=1S/C13H17ClO4/c1-7-6-10(17-3)9(5-8(2)13(15)16)11(14)12(7)18-4/h6,8H,5H2,1-4H3,(H,15,16). The minimum absolute atomic E-state index is 0.300. The van der Waals surface area contributed by atoms with Crippen LogP contribution in [0.2, 0.25) is 5.02 Å². The van der Waals surface area contributed by atoms with Crippen LogP contribution in [0.5, 0.6) is 11.5 Å². The van der Waals surface area contributed by atoms with E-state index in [0.29, 0.717) is 28.5 Å². The summed E-state index contributed by atoms with van der Waals surface area (Å²) in [4.78, 5) is 10.9. The minimum Gasteiger partial charge on any atom is -0.496 e. The van der Waals surface area contributed by atoms with E-state index in [1.165, 1.54) is 14.2 Å². The van der Waals surface area contributed by atoms with Crippen LogP contribution in [0.15, 0.2) is 6.07 Å². The van der Waals surface area contributed by atoms with Gasteiger partial charge in [0.25, 0.3) is 0 Å². The van der Waals surface area contributed by atoms with Crippen LogP contribution in [0.1, 0.15) is 18.1 Å². The number of carbonyl (C=O) groups is 1. The molecule has 18 heavy (non-hydrogen) atoms. The summed E-state index contributed by atoms with van der Waals surface area (Å²) in [5, 5.41) is 9.38. The van der Waals surface area contributed by atoms with E-state index in [4.69, 9.17) is 26.2 Å². The van der Waals surface area contributed by atoms with Crippen LogP contribution in [-0.4, -0.2) is 25.3 Å². The van der Waals surface area contributed by atoms with Crippen LogP contribution in [0, 0.1) is 12.8 Å². The Balaban J connectivity index is 3.27. The van der Waals surface area contributed by atoms with E-state index >= 15 is 0 Å². The van der Waals surface area contributed by atoms with E-state index in [-0.39, 0.29) is 0 Å². The lowest BCUT2D eigenvalue weighted by molar-refractivity contribution is -0.141. The quantitative estimate of drug-likeness (QED) is 0.895. The largest absolute Gasteiger partial charge is 0.496 e. The number of halogens is 1. The molecule has 0 saturated heterocycles. The number of hydrogen-bond acceptors (Lipinski definition) is 3. The smallest absolute Gasteiger partial charge is 0.306 e. The van der Waals surface area contributed by atoms with Crippen LogP contribution in [0.3, 0.4) is 0 Å². The highest BCUT2D eigenvalue weighted by Gasteiger charge is 2.21. The molecule has 0 amide bonds. The van der Waals surface area contributed by atoms with Crippen molar-refractivity contribution in [3.05, 3.63) is 22.2 Å². The summed E-state index contributed by atoms with van der Waals surface area (Å²) >= 11 is 6.25. The van der Waals surface area contributed by atoms with E-state index in [9.17, 15) is 4.79 Å². The van der Waals surface area contributed by atoms with Gasteiger partial charge >= 0.3 is 5.97 Å². The van der Waals surface area contributed by atoms with E-state index in [2.05, 4.69) is 0 Å². The molecule has 0 bridgehead atoms. The summed E-state index contributed by atoms with van der Waals surface area (Å²) in [6, 6.07) is 1.80. The topological polar surface area (TPSA) is 55.8 Å². The van der Waals surface area contributed by atoms with Crippen molar-refractivity contribution < 1.29 is 19.4 Å². The van der Waals surface area contributed by atoms with Crippen molar-refractivity contribution in [3.63, 3.8) is 0 Å². The Morgan fingerprint density at radius 3 is 2.50 bits per heavy atom. The third-order valence-electron chi connectivity index (χ3n) is 2.82. The van der Waals surface area contributed by atoms with Crippen molar-refractivity contribution in [2.24, 2.45) is 5.92 Å².